The van der Waals surface area contributed by atoms with Gasteiger partial charge in [-0.3, -0.25) is 19.4 Å². The van der Waals surface area contributed by atoms with Gasteiger partial charge in [0.1, 0.15) is 24.1 Å². The minimum Gasteiger partial charge on any atom is -0.457 e. The predicted octanol–water partition coefficient (Wildman–Crippen LogP) is 4.27. The van der Waals surface area contributed by atoms with Gasteiger partial charge in [0.05, 0.1) is 0 Å². The lowest BCUT2D eigenvalue weighted by molar-refractivity contribution is -0.130. The molecule has 0 bridgehead atoms. The van der Waals surface area contributed by atoms with Crippen LogP contribution >= 0.6 is 0 Å². The van der Waals surface area contributed by atoms with Crippen LogP contribution in [0.2, 0.25) is 0 Å². The van der Waals surface area contributed by atoms with Gasteiger partial charge in [-0.2, -0.15) is 0 Å². The summed E-state index contributed by atoms with van der Waals surface area (Å²) in [4.78, 5) is 40.2. The zero-order chi connectivity index (χ0) is 21.8. The van der Waals surface area contributed by atoms with Gasteiger partial charge in [0.2, 0.25) is 5.91 Å². The Morgan fingerprint density at radius 1 is 0.871 bits per heavy atom. The first-order valence-corrected chi connectivity index (χ1v) is 9.85. The average molecular weight is 415 g/mol. The summed E-state index contributed by atoms with van der Waals surface area (Å²) in [5.74, 6) is 0.472. The van der Waals surface area contributed by atoms with Gasteiger partial charge in [0.15, 0.2) is 0 Å². The largest absolute Gasteiger partial charge is 0.457 e. The molecule has 1 heterocycles. The second-order valence-corrected chi connectivity index (χ2v) is 7.08. The van der Waals surface area contributed by atoms with E-state index in [1.165, 1.54) is 4.90 Å². The van der Waals surface area contributed by atoms with Crippen molar-refractivity contribution in [2.45, 2.75) is 13.0 Å². The lowest BCUT2D eigenvalue weighted by Gasteiger charge is -2.19. The molecule has 1 fully saturated rings. The minimum absolute atomic E-state index is 0.354. The van der Waals surface area contributed by atoms with Crippen molar-refractivity contribution in [1.82, 2.24) is 4.90 Å². The van der Waals surface area contributed by atoms with Gasteiger partial charge in [-0.15, -0.1) is 0 Å². The van der Waals surface area contributed by atoms with E-state index in [-0.39, 0.29) is 6.54 Å². The van der Waals surface area contributed by atoms with E-state index >= 15 is 0 Å². The number of nitrogens with one attached hydrogen (secondary N) is 1. The molecule has 3 aromatic carbocycles. The van der Waals surface area contributed by atoms with Crippen molar-refractivity contribution in [3.05, 3.63) is 84.9 Å². The molecule has 1 aliphatic heterocycles. The van der Waals surface area contributed by atoms with Crippen molar-refractivity contribution in [1.29, 1.82) is 0 Å². The number of nitrogens with zero attached hydrogens (tertiary/aromatic N) is 2. The number of benzene rings is 3. The number of urea groups is 1. The highest BCUT2D eigenvalue weighted by atomic mass is 16.5. The van der Waals surface area contributed by atoms with Crippen LogP contribution in [0.1, 0.15) is 6.92 Å². The molecule has 156 valence electrons. The summed E-state index contributed by atoms with van der Waals surface area (Å²) in [6.07, 6.45) is 0. The zero-order valence-electron chi connectivity index (χ0n) is 16.9. The maximum absolute atomic E-state index is 12.8. The predicted molar refractivity (Wildman–Crippen MR) is 117 cm³/mol. The van der Waals surface area contributed by atoms with Crippen LogP contribution in [0.15, 0.2) is 84.9 Å². The first kappa shape index (κ1) is 20.2. The molecule has 1 unspecified atom stereocenters. The van der Waals surface area contributed by atoms with Crippen molar-refractivity contribution < 1.29 is 19.1 Å². The number of para-hydroxylation sites is 2. The van der Waals surface area contributed by atoms with Gasteiger partial charge in [0, 0.05) is 11.4 Å². The molecule has 0 aliphatic carbocycles. The standard InChI is InChI=1S/C24H21N3O4/c1-17-23(29)26(24(30)27(17)19-8-4-2-5-9-19)16-22(28)25-18-12-14-21(15-13-18)31-20-10-6-3-7-11-20/h2-15,17H,16H2,1H3,(H,25,28). The molecule has 4 rings (SSSR count). The topological polar surface area (TPSA) is 79.0 Å². The van der Waals surface area contributed by atoms with E-state index in [1.807, 2.05) is 36.4 Å². The summed E-state index contributed by atoms with van der Waals surface area (Å²) >= 11 is 0. The fourth-order valence-electron chi connectivity index (χ4n) is 3.37. The molecule has 0 radical (unpaired) electrons. The Morgan fingerprint density at radius 3 is 2.10 bits per heavy atom. The molecular weight excluding hydrogens is 394 g/mol. The summed E-state index contributed by atoms with van der Waals surface area (Å²) in [6.45, 7) is 1.30. The van der Waals surface area contributed by atoms with Gasteiger partial charge in [0.25, 0.3) is 5.91 Å². The molecule has 3 aromatic rings. The third kappa shape index (κ3) is 4.40. The van der Waals surface area contributed by atoms with Crippen molar-refractivity contribution in [3.8, 4) is 11.5 Å². The monoisotopic (exact) mass is 415 g/mol. The number of rotatable bonds is 6. The van der Waals surface area contributed by atoms with Gasteiger partial charge in [-0.25, -0.2) is 4.79 Å². The molecule has 1 atom stereocenters. The number of hydrogen-bond acceptors (Lipinski definition) is 4. The highest BCUT2D eigenvalue weighted by molar-refractivity contribution is 6.16. The molecule has 1 N–H and O–H groups in total. The van der Waals surface area contributed by atoms with E-state index in [1.54, 1.807) is 55.5 Å². The van der Waals surface area contributed by atoms with Crippen LogP contribution in [-0.4, -0.2) is 35.3 Å². The van der Waals surface area contributed by atoms with Crippen LogP contribution in [-0.2, 0) is 9.59 Å². The van der Waals surface area contributed by atoms with Gasteiger partial charge in [-0.1, -0.05) is 36.4 Å². The Balaban J connectivity index is 1.38. The summed E-state index contributed by atoms with van der Waals surface area (Å²) in [6, 6.07) is 24.0. The molecule has 1 saturated heterocycles. The number of carbonyl (C=O) groups excluding carboxylic acids is 3. The van der Waals surface area contributed by atoms with E-state index in [0.717, 1.165) is 4.90 Å². The molecule has 7 nitrogen and oxygen atoms in total. The summed E-state index contributed by atoms with van der Waals surface area (Å²) in [5, 5.41) is 2.71. The number of amides is 4. The Bertz CT molecular complexity index is 1080. The van der Waals surface area contributed by atoms with Crippen molar-refractivity contribution in [2.75, 3.05) is 16.8 Å². The van der Waals surface area contributed by atoms with Crippen LogP contribution in [0.25, 0.3) is 0 Å². The second kappa shape index (κ2) is 8.71. The third-order valence-corrected chi connectivity index (χ3v) is 4.90. The van der Waals surface area contributed by atoms with E-state index < -0.39 is 23.9 Å². The zero-order valence-corrected chi connectivity index (χ0v) is 16.9. The highest BCUT2D eigenvalue weighted by Gasteiger charge is 2.43. The van der Waals surface area contributed by atoms with Crippen molar-refractivity contribution >= 4 is 29.2 Å². The number of imide groups is 1. The molecule has 0 saturated carbocycles. The van der Waals surface area contributed by atoms with E-state index in [9.17, 15) is 14.4 Å². The van der Waals surface area contributed by atoms with Crippen LogP contribution in [0.5, 0.6) is 11.5 Å². The van der Waals surface area contributed by atoms with Crippen molar-refractivity contribution in [3.63, 3.8) is 0 Å². The number of ether oxygens (including phenoxy) is 1. The van der Waals surface area contributed by atoms with Crippen molar-refractivity contribution in [2.24, 2.45) is 0 Å². The van der Waals surface area contributed by atoms with Gasteiger partial charge in [-0.05, 0) is 55.5 Å². The van der Waals surface area contributed by atoms with Crippen LogP contribution in [0.4, 0.5) is 16.2 Å². The lowest BCUT2D eigenvalue weighted by atomic mass is 10.2. The Morgan fingerprint density at radius 2 is 1.45 bits per heavy atom. The fraction of sp³-hybridized carbons (Fsp3) is 0.125. The maximum atomic E-state index is 12.8. The smallest absolute Gasteiger partial charge is 0.332 e. The Hall–Kier alpha value is -4.13. The summed E-state index contributed by atoms with van der Waals surface area (Å²) in [7, 11) is 0. The van der Waals surface area contributed by atoms with E-state index in [4.69, 9.17) is 4.74 Å². The molecule has 0 aromatic heterocycles. The SMILES string of the molecule is CC1C(=O)N(CC(=O)Nc2ccc(Oc3ccccc3)cc2)C(=O)N1c1ccccc1. The molecule has 7 heteroatoms. The molecule has 0 spiro atoms. The molecule has 1 aliphatic rings. The maximum Gasteiger partial charge on any atom is 0.332 e. The van der Waals surface area contributed by atoms with Gasteiger partial charge >= 0.3 is 6.03 Å². The van der Waals surface area contributed by atoms with Crippen LogP contribution < -0.4 is 15.0 Å². The van der Waals surface area contributed by atoms with E-state index in [0.29, 0.717) is 22.9 Å². The van der Waals surface area contributed by atoms with Gasteiger partial charge < -0.3 is 10.1 Å². The lowest BCUT2D eigenvalue weighted by Crippen LogP contribution is -2.39. The summed E-state index contributed by atoms with van der Waals surface area (Å²) in [5.41, 5.74) is 1.16. The molecular formula is C24H21N3O4. The second-order valence-electron chi connectivity index (χ2n) is 7.08. The average Bonchev–Trinajstić information content (AvgIpc) is 2.99. The van der Waals surface area contributed by atoms with E-state index in [2.05, 4.69) is 5.32 Å². The minimum atomic E-state index is -0.669. The van der Waals surface area contributed by atoms with Crippen LogP contribution in [0, 0.1) is 0 Å². The first-order valence-electron chi connectivity index (χ1n) is 9.85. The Kier molecular flexibility index (Phi) is 5.66. The normalized spacial score (nSPS) is 15.8. The number of anilines is 2. The fourth-order valence-corrected chi connectivity index (χ4v) is 3.37. The third-order valence-electron chi connectivity index (χ3n) is 4.90. The Labute approximate surface area is 179 Å². The summed E-state index contributed by atoms with van der Waals surface area (Å²) < 4.78 is 5.72. The highest BCUT2D eigenvalue weighted by Crippen LogP contribution is 2.26. The molecule has 4 amide bonds. The number of carbonyl (C=O) groups is 3. The quantitative estimate of drug-likeness (QED) is 0.610. The first-order chi connectivity index (χ1) is 15.0. The van der Waals surface area contributed by atoms with Crippen LogP contribution in [0.3, 0.4) is 0 Å². The molecule has 31 heavy (non-hydrogen) atoms. The number of hydrogen-bond donors (Lipinski definition) is 1.